The third-order valence-electron chi connectivity index (χ3n) is 5.43. The van der Waals surface area contributed by atoms with Crippen molar-refractivity contribution in [1.82, 2.24) is 8.87 Å². The molecule has 13 heteroatoms. The quantitative estimate of drug-likeness (QED) is 0.424. The lowest BCUT2D eigenvalue weighted by molar-refractivity contribution is -0.121. The molecule has 1 aliphatic rings. The fourth-order valence-electron chi connectivity index (χ4n) is 3.80. The lowest BCUT2D eigenvalue weighted by Gasteiger charge is -2.20. The summed E-state index contributed by atoms with van der Waals surface area (Å²) < 4.78 is 40.5. The largest absolute Gasteiger partial charge is 0.465 e. The number of ether oxygens (including phenoxy) is 2. The van der Waals surface area contributed by atoms with Crippen molar-refractivity contribution in [2.45, 2.75) is 29.6 Å². The van der Waals surface area contributed by atoms with Crippen molar-refractivity contribution in [2.75, 3.05) is 27.4 Å². The number of amides is 1. The van der Waals surface area contributed by atoms with Gasteiger partial charge < -0.3 is 14.0 Å². The molecule has 1 aromatic carbocycles. The van der Waals surface area contributed by atoms with E-state index in [0.29, 0.717) is 40.7 Å². The minimum atomic E-state index is -3.86. The molecular formula is C21H22ClN3O6S3. The van der Waals surface area contributed by atoms with E-state index in [-0.39, 0.29) is 10.8 Å². The highest BCUT2D eigenvalue weighted by Crippen LogP contribution is 2.32. The Morgan fingerprint density at radius 3 is 2.68 bits per heavy atom. The van der Waals surface area contributed by atoms with Crippen LogP contribution in [0.5, 0.6) is 0 Å². The standard InChI is InChI=1S/C21H22ClN3O6S3/c1-30-11-10-24-14-6-5-13(20(27)31-2)12-16(14)32-21(24)23-19(26)15-4-3-9-25(15)34(28,29)18-8-7-17(22)33-18/h5-8,12,15H,3-4,9-11H2,1-2H3. The monoisotopic (exact) mass is 543 g/mol. The van der Waals surface area contributed by atoms with Crippen LogP contribution >= 0.6 is 34.3 Å². The summed E-state index contributed by atoms with van der Waals surface area (Å²) in [6.07, 6.45) is 0.943. The molecule has 3 aromatic rings. The highest BCUT2D eigenvalue weighted by Gasteiger charge is 2.40. The molecule has 0 N–H and O–H groups in total. The Balaban J connectivity index is 1.73. The van der Waals surface area contributed by atoms with E-state index < -0.39 is 27.9 Å². The van der Waals surface area contributed by atoms with Crippen molar-refractivity contribution in [3.05, 3.63) is 45.0 Å². The zero-order chi connectivity index (χ0) is 24.5. The van der Waals surface area contributed by atoms with E-state index in [9.17, 15) is 18.0 Å². The van der Waals surface area contributed by atoms with Gasteiger partial charge in [-0.25, -0.2) is 13.2 Å². The fourth-order valence-corrected chi connectivity index (χ4v) is 8.16. The van der Waals surface area contributed by atoms with Gasteiger partial charge >= 0.3 is 5.97 Å². The summed E-state index contributed by atoms with van der Waals surface area (Å²) in [5, 5.41) is 0. The van der Waals surface area contributed by atoms with Crippen LogP contribution in [-0.2, 0) is 30.8 Å². The molecule has 1 atom stereocenters. The van der Waals surface area contributed by atoms with Gasteiger partial charge in [-0.15, -0.1) is 11.3 Å². The highest BCUT2D eigenvalue weighted by atomic mass is 35.5. The Bertz CT molecular complexity index is 1410. The van der Waals surface area contributed by atoms with Gasteiger partial charge in [0.2, 0.25) is 0 Å². The summed E-state index contributed by atoms with van der Waals surface area (Å²) >= 11 is 8.13. The smallest absolute Gasteiger partial charge is 0.337 e. The van der Waals surface area contributed by atoms with Gasteiger partial charge in [-0.1, -0.05) is 22.9 Å². The summed E-state index contributed by atoms with van der Waals surface area (Å²) in [4.78, 5) is 29.9. The third-order valence-corrected chi connectivity index (χ3v) is 10.1. The summed E-state index contributed by atoms with van der Waals surface area (Å²) in [6.45, 7) is 1.05. The molecule has 0 spiro atoms. The number of fused-ring (bicyclic) bond motifs is 1. The number of halogens is 1. The van der Waals surface area contributed by atoms with Gasteiger partial charge in [0.25, 0.3) is 15.9 Å². The van der Waals surface area contributed by atoms with Crippen LogP contribution in [0.3, 0.4) is 0 Å². The molecule has 1 fully saturated rings. The van der Waals surface area contributed by atoms with Crippen LogP contribution in [0.15, 0.2) is 39.5 Å². The molecule has 1 saturated heterocycles. The number of hydrogen-bond acceptors (Lipinski definition) is 8. The summed E-state index contributed by atoms with van der Waals surface area (Å²) in [7, 11) is -0.975. The Hall–Kier alpha value is -2.09. The van der Waals surface area contributed by atoms with Crippen LogP contribution in [0, 0.1) is 0 Å². The number of methoxy groups -OCH3 is 2. The Kier molecular flexibility index (Phi) is 7.55. The molecule has 1 aliphatic heterocycles. The van der Waals surface area contributed by atoms with Crippen molar-refractivity contribution < 1.29 is 27.5 Å². The number of sulfonamides is 1. The molecule has 0 radical (unpaired) electrons. The van der Waals surface area contributed by atoms with Crippen molar-refractivity contribution in [3.8, 4) is 0 Å². The van der Waals surface area contributed by atoms with E-state index in [0.717, 1.165) is 21.6 Å². The number of hydrogen-bond donors (Lipinski definition) is 0. The average Bonchev–Trinajstić information content (AvgIpc) is 3.55. The number of thiophene rings is 1. The molecule has 3 heterocycles. The molecule has 4 rings (SSSR count). The number of esters is 1. The van der Waals surface area contributed by atoms with Crippen LogP contribution < -0.4 is 4.80 Å². The maximum Gasteiger partial charge on any atom is 0.337 e. The van der Waals surface area contributed by atoms with Crippen molar-refractivity contribution in [2.24, 2.45) is 4.99 Å². The first-order valence-corrected chi connectivity index (χ1v) is 13.8. The predicted octanol–water partition coefficient (Wildman–Crippen LogP) is 3.13. The third kappa shape index (κ3) is 4.83. The van der Waals surface area contributed by atoms with Crippen LogP contribution in [-0.4, -0.2) is 62.6 Å². The van der Waals surface area contributed by atoms with Crippen LogP contribution in [0.1, 0.15) is 23.2 Å². The van der Waals surface area contributed by atoms with Gasteiger partial charge in [-0.3, -0.25) is 4.79 Å². The van der Waals surface area contributed by atoms with Crippen LogP contribution in [0.2, 0.25) is 4.34 Å². The summed E-state index contributed by atoms with van der Waals surface area (Å²) in [6, 6.07) is 7.18. The number of thiazole rings is 1. The topological polar surface area (TPSA) is 107 Å². The van der Waals surface area contributed by atoms with Crippen LogP contribution in [0.25, 0.3) is 10.2 Å². The molecule has 9 nitrogen and oxygen atoms in total. The second-order valence-corrected chi connectivity index (χ2v) is 12.3. The predicted molar refractivity (Wildman–Crippen MR) is 130 cm³/mol. The van der Waals surface area contributed by atoms with E-state index in [1.165, 1.54) is 34.9 Å². The minimum absolute atomic E-state index is 0.101. The molecule has 2 aromatic heterocycles. The first-order valence-electron chi connectivity index (χ1n) is 10.3. The number of aromatic nitrogens is 1. The maximum absolute atomic E-state index is 13.2. The van der Waals surface area contributed by atoms with Crippen molar-refractivity contribution >= 4 is 66.4 Å². The van der Waals surface area contributed by atoms with Gasteiger partial charge in [0.05, 0.1) is 33.8 Å². The number of benzene rings is 1. The molecule has 0 bridgehead atoms. The Labute approximate surface area is 209 Å². The Morgan fingerprint density at radius 2 is 2.00 bits per heavy atom. The lowest BCUT2D eigenvalue weighted by Crippen LogP contribution is -2.40. The van der Waals surface area contributed by atoms with Gasteiger partial charge in [0.15, 0.2) is 4.80 Å². The minimum Gasteiger partial charge on any atom is -0.465 e. The SMILES string of the molecule is COCCn1c(=NC(=O)C2CCCN2S(=O)(=O)c2ccc(Cl)s2)sc2cc(C(=O)OC)ccc21. The van der Waals surface area contributed by atoms with Crippen molar-refractivity contribution in [3.63, 3.8) is 0 Å². The zero-order valence-corrected chi connectivity index (χ0v) is 21.6. The summed E-state index contributed by atoms with van der Waals surface area (Å²) in [5.41, 5.74) is 1.17. The normalized spacial score (nSPS) is 17.5. The first-order chi connectivity index (χ1) is 16.3. The molecule has 182 valence electrons. The average molecular weight is 544 g/mol. The fraction of sp³-hybridized carbons (Fsp3) is 0.381. The first kappa shape index (κ1) is 25.0. The lowest BCUT2D eigenvalue weighted by atomic mass is 10.2. The number of nitrogens with zero attached hydrogens (tertiary/aromatic N) is 3. The molecule has 1 amide bonds. The van der Waals surface area contributed by atoms with E-state index >= 15 is 0 Å². The molecule has 1 unspecified atom stereocenters. The van der Waals surface area contributed by atoms with Gasteiger partial charge in [0.1, 0.15) is 10.3 Å². The number of rotatable bonds is 7. The van der Waals surface area contributed by atoms with Crippen molar-refractivity contribution in [1.29, 1.82) is 0 Å². The second-order valence-electron chi connectivity index (χ2n) is 7.49. The molecule has 34 heavy (non-hydrogen) atoms. The van der Waals surface area contributed by atoms with Crippen LogP contribution in [0.4, 0.5) is 0 Å². The Morgan fingerprint density at radius 1 is 1.21 bits per heavy atom. The van der Waals surface area contributed by atoms with Gasteiger partial charge in [-0.05, 0) is 43.2 Å². The van der Waals surface area contributed by atoms with E-state index in [1.807, 2.05) is 4.57 Å². The molecule has 0 saturated carbocycles. The second kappa shape index (κ2) is 10.3. The van der Waals surface area contributed by atoms with E-state index in [1.54, 1.807) is 25.3 Å². The van der Waals surface area contributed by atoms with Gasteiger partial charge in [-0.2, -0.15) is 9.30 Å². The highest BCUT2D eigenvalue weighted by molar-refractivity contribution is 7.91. The summed E-state index contributed by atoms with van der Waals surface area (Å²) in [5.74, 6) is -0.997. The van der Waals surface area contributed by atoms with E-state index in [4.69, 9.17) is 21.1 Å². The maximum atomic E-state index is 13.2. The molecular weight excluding hydrogens is 522 g/mol. The van der Waals surface area contributed by atoms with E-state index in [2.05, 4.69) is 4.99 Å². The zero-order valence-electron chi connectivity index (χ0n) is 18.4. The molecule has 0 aliphatic carbocycles. The van der Waals surface area contributed by atoms with Gasteiger partial charge in [0, 0.05) is 20.2 Å². The number of carbonyl (C=O) groups excluding carboxylic acids is 2. The number of carbonyl (C=O) groups is 2.